The van der Waals surface area contributed by atoms with E-state index < -0.39 is 15.4 Å². The minimum absolute atomic E-state index is 0.143. The van der Waals surface area contributed by atoms with Crippen LogP contribution in [0, 0.1) is 6.92 Å². The molecule has 0 saturated carbocycles. The molecule has 0 saturated heterocycles. The van der Waals surface area contributed by atoms with Gasteiger partial charge in [-0.3, -0.25) is 4.79 Å². The molecule has 0 aliphatic heterocycles. The average molecular weight is 312 g/mol. The van der Waals surface area contributed by atoms with Crippen molar-refractivity contribution in [2.75, 3.05) is 12.8 Å². The van der Waals surface area contributed by atoms with E-state index in [4.69, 9.17) is 5.73 Å². The molecular formula is C15H24N2O3S. The van der Waals surface area contributed by atoms with Crippen molar-refractivity contribution < 1.29 is 13.2 Å². The molecule has 0 aliphatic carbocycles. The van der Waals surface area contributed by atoms with Crippen molar-refractivity contribution in [1.82, 2.24) is 5.32 Å². The largest absolute Gasteiger partial charge is 0.345 e. The Balaban J connectivity index is 3.19. The number of rotatable bonds is 6. The van der Waals surface area contributed by atoms with E-state index in [2.05, 4.69) is 5.32 Å². The van der Waals surface area contributed by atoms with Crippen molar-refractivity contribution in [3.05, 3.63) is 29.3 Å². The smallest absolute Gasteiger partial charge is 0.252 e. The molecule has 0 radical (unpaired) electrons. The second-order valence-corrected chi connectivity index (χ2v) is 7.41. The van der Waals surface area contributed by atoms with E-state index in [1.165, 1.54) is 12.1 Å². The van der Waals surface area contributed by atoms with Crippen LogP contribution >= 0.6 is 0 Å². The second-order valence-electron chi connectivity index (χ2n) is 5.39. The number of hydrogen-bond acceptors (Lipinski definition) is 4. The van der Waals surface area contributed by atoms with Crippen molar-refractivity contribution in [3.8, 4) is 0 Å². The maximum Gasteiger partial charge on any atom is 0.252 e. The van der Waals surface area contributed by atoms with Crippen LogP contribution in [0.5, 0.6) is 0 Å². The van der Waals surface area contributed by atoms with Gasteiger partial charge >= 0.3 is 0 Å². The van der Waals surface area contributed by atoms with Crippen molar-refractivity contribution in [3.63, 3.8) is 0 Å². The number of aryl methyl sites for hydroxylation is 1. The van der Waals surface area contributed by atoms with E-state index in [1.807, 2.05) is 13.8 Å². The molecular weight excluding hydrogens is 288 g/mol. The van der Waals surface area contributed by atoms with Gasteiger partial charge in [-0.05, 0) is 37.5 Å². The third-order valence-corrected chi connectivity index (χ3v) is 5.12. The van der Waals surface area contributed by atoms with E-state index in [1.54, 1.807) is 13.0 Å². The fourth-order valence-corrected chi connectivity index (χ4v) is 2.80. The summed E-state index contributed by atoms with van der Waals surface area (Å²) in [7, 11) is -3.34. The first-order valence-electron chi connectivity index (χ1n) is 7.02. The molecule has 1 rings (SSSR count). The van der Waals surface area contributed by atoms with Crippen LogP contribution in [-0.2, 0) is 9.84 Å². The molecule has 0 aromatic heterocycles. The Morgan fingerprint density at radius 3 is 2.29 bits per heavy atom. The highest BCUT2D eigenvalue weighted by atomic mass is 32.2. The zero-order chi connectivity index (χ0) is 16.3. The lowest BCUT2D eigenvalue weighted by molar-refractivity contribution is 0.0894. The Hall–Kier alpha value is -1.40. The summed E-state index contributed by atoms with van der Waals surface area (Å²) in [6.45, 7) is 6.06. The predicted molar refractivity (Wildman–Crippen MR) is 84.1 cm³/mol. The van der Waals surface area contributed by atoms with Crippen LogP contribution in [0.4, 0.5) is 0 Å². The van der Waals surface area contributed by atoms with Gasteiger partial charge in [-0.2, -0.15) is 0 Å². The van der Waals surface area contributed by atoms with Crippen LogP contribution in [0.25, 0.3) is 0 Å². The summed E-state index contributed by atoms with van der Waals surface area (Å²) < 4.78 is 23.2. The first kappa shape index (κ1) is 17.7. The van der Waals surface area contributed by atoms with E-state index >= 15 is 0 Å². The van der Waals surface area contributed by atoms with Crippen LogP contribution < -0.4 is 11.1 Å². The summed E-state index contributed by atoms with van der Waals surface area (Å²) in [5, 5.41) is 2.96. The van der Waals surface area contributed by atoms with Crippen molar-refractivity contribution in [1.29, 1.82) is 0 Å². The zero-order valence-corrected chi connectivity index (χ0v) is 13.9. The van der Waals surface area contributed by atoms with Gasteiger partial charge in [0.25, 0.3) is 5.91 Å². The number of sulfone groups is 1. The number of nitrogens with one attached hydrogen (secondary N) is 1. The van der Waals surface area contributed by atoms with Crippen LogP contribution in [0.1, 0.15) is 42.6 Å². The normalized spacial score (nSPS) is 12.2. The first-order valence-corrected chi connectivity index (χ1v) is 8.91. The minimum atomic E-state index is -3.34. The third kappa shape index (κ3) is 4.04. The molecule has 0 bridgehead atoms. The third-order valence-electron chi connectivity index (χ3n) is 4.00. The number of hydrogen-bond donors (Lipinski definition) is 2. The van der Waals surface area contributed by atoms with E-state index in [9.17, 15) is 13.2 Å². The number of benzene rings is 1. The lowest BCUT2D eigenvalue weighted by Gasteiger charge is -2.31. The fraction of sp³-hybridized carbons (Fsp3) is 0.533. The number of carbonyl (C=O) groups is 1. The van der Waals surface area contributed by atoms with Gasteiger partial charge in [-0.15, -0.1) is 0 Å². The molecule has 1 aromatic carbocycles. The molecule has 6 heteroatoms. The Labute approximate surface area is 126 Å². The molecule has 5 nitrogen and oxygen atoms in total. The van der Waals surface area contributed by atoms with E-state index in [0.717, 1.165) is 24.7 Å². The molecule has 0 fully saturated rings. The summed E-state index contributed by atoms with van der Waals surface area (Å²) >= 11 is 0. The summed E-state index contributed by atoms with van der Waals surface area (Å²) in [5.74, 6) is -0.285. The minimum Gasteiger partial charge on any atom is -0.345 e. The molecule has 1 aromatic rings. The van der Waals surface area contributed by atoms with Crippen molar-refractivity contribution >= 4 is 15.7 Å². The fourth-order valence-electron chi connectivity index (χ4n) is 2.15. The van der Waals surface area contributed by atoms with Gasteiger partial charge in [0.15, 0.2) is 9.84 Å². The molecule has 0 heterocycles. The molecule has 0 spiro atoms. The van der Waals surface area contributed by atoms with Crippen LogP contribution in [0.3, 0.4) is 0 Å². The van der Waals surface area contributed by atoms with Gasteiger partial charge in [0.05, 0.1) is 10.4 Å². The van der Waals surface area contributed by atoms with Crippen molar-refractivity contribution in [2.24, 2.45) is 5.73 Å². The first-order chi connectivity index (χ1) is 9.69. The van der Waals surface area contributed by atoms with Gasteiger partial charge in [0, 0.05) is 18.4 Å². The molecule has 0 atom stereocenters. The summed E-state index contributed by atoms with van der Waals surface area (Å²) in [6.07, 6.45) is 2.56. The molecule has 118 valence electrons. The highest BCUT2D eigenvalue weighted by Gasteiger charge is 2.27. The van der Waals surface area contributed by atoms with Gasteiger partial charge in [0.1, 0.15) is 0 Å². The van der Waals surface area contributed by atoms with Crippen LogP contribution in [0.2, 0.25) is 0 Å². The average Bonchev–Trinajstić information content (AvgIpc) is 2.44. The topological polar surface area (TPSA) is 89.3 Å². The number of nitrogens with two attached hydrogens (primary N) is 1. The van der Waals surface area contributed by atoms with Gasteiger partial charge in [-0.1, -0.05) is 19.9 Å². The number of carbonyl (C=O) groups excluding carboxylic acids is 1. The highest BCUT2D eigenvalue weighted by Crippen LogP contribution is 2.19. The lowest BCUT2D eigenvalue weighted by atomic mass is 9.92. The standard InChI is InChI=1S/C15H24N2O3S/c1-5-15(6-2,10-16)17-14(18)13-9-12(21(4,19)20)8-7-11(13)3/h7-9H,5-6,10,16H2,1-4H3,(H,17,18). The van der Waals surface area contributed by atoms with Crippen LogP contribution in [0.15, 0.2) is 23.1 Å². The van der Waals surface area contributed by atoms with Crippen molar-refractivity contribution in [2.45, 2.75) is 44.0 Å². The lowest BCUT2D eigenvalue weighted by Crippen LogP contribution is -2.53. The SMILES string of the molecule is CCC(CC)(CN)NC(=O)c1cc(S(C)(=O)=O)ccc1C. The second kappa shape index (κ2) is 6.58. The predicted octanol–water partition coefficient (Wildman–Crippen LogP) is 1.65. The van der Waals surface area contributed by atoms with Crippen LogP contribution in [-0.4, -0.2) is 32.7 Å². The highest BCUT2D eigenvalue weighted by molar-refractivity contribution is 7.90. The Morgan fingerprint density at radius 2 is 1.86 bits per heavy atom. The maximum atomic E-state index is 12.5. The van der Waals surface area contributed by atoms with E-state index in [-0.39, 0.29) is 10.8 Å². The Bertz CT molecular complexity index is 612. The molecule has 0 aliphatic rings. The molecule has 21 heavy (non-hydrogen) atoms. The quantitative estimate of drug-likeness (QED) is 0.836. The molecule has 3 N–H and O–H groups in total. The summed E-state index contributed by atoms with van der Waals surface area (Å²) in [4.78, 5) is 12.6. The summed E-state index contributed by atoms with van der Waals surface area (Å²) in [6, 6.07) is 4.58. The maximum absolute atomic E-state index is 12.5. The van der Waals surface area contributed by atoms with Gasteiger partial charge in [-0.25, -0.2) is 8.42 Å². The molecule has 1 amide bonds. The van der Waals surface area contributed by atoms with E-state index in [0.29, 0.717) is 12.1 Å². The van der Waals surface area contributed by atoms with Gasteiger partial charge in [0.2, 0.25) is 0 Å². The molecule has 0 unspecified atom stereocenters. The monoisotopic (exact) mass is 312 g/mol. The van der Waals surface area contributed by atoms with Gasteiger partial charge < -0.3 is 11.1 Å². The Morgan fingerprint density at radius 1 is 1.29 bits per heavy atom. The number of amides is 1. The zero-order valence-electron chi connectivity index (χ0n) is 13.1. The summed E-state index contributed by atoms with van der Waals surface area (Å²) in [5.41, 5.74) is 6.44. The Kier molecular flexibility index (Phi) is 5.53.